The van der Waals surface area contributed by atoms with E-state index in [9.17, 15) is 4.79 Å². The van der Waals surface area contributed by atoms with Crippen LogP contribution >= 0.6 is 0 Å². The number of pyridine rings is 3. The van der Waals surface area contributed by atoms with E-state index < -0.39 is 0 Å². The Kier molecular flexibility index (Phi) is 5.81. The zero-order valence-electron chi connectivity index (χ0n) is 27.1. The molecule has 238 valence electrons. The van der Waals surface area contributed by atoms with Crippen LogP contribution in [-0.2, 0) is 0 Å². The van der Waals surface area contributed by atoms with E-state index in [2.05, 4.69) is 101 Å². The number of nitrogens with zero attached hydrogens (tertiary/aromatic N) is 6. The molecule has 0 amide bonds. The smallest absolute Gasteiger partial charge is 0.231 e. The van der Waals surface area contributed by atoms with Gasteiger partial charge in [0.15, 0.2) is 0 Å². The SMILES string of the molecule is O=C1c2ncccc2-c2nccc3c2c1nc1ccc(-c2ccc4c(c2)C2C=CC=CC2N4c2nc(-c4ccccc4)c4ccccc4n2)cc13. The number of para-hydroxylation sites is 1. The van der Waals surface area contributed by atoms with E-state index in [0.717, 1.165) is 71.9 Å². The molecule has 8 aromatic rings. The zero-order valence-corrected chi connectivity index (χ0v) is 27.1. The fourth-order valence-corrected chi connectivity index (χ4v) is 8.13. The Hall–Kier alpha value is -6.86. The first kappa shape index (κ1) is 28.0. The van der Waals surface area contributed by atoms with Gasteiger partial charge in [-0.15, -0.1) is 0 Å². The van der Waals surface area contributed by atoms with Crippen LogP contribution in [0.15, 0.2) is 146 Å². The number of aromatic nitrogens is 5. The number of carbonyl (C=O) groups is 1. The lowest BCUT2D eigenvalue weighted by molar-refractivity contribution is 0.103. The number of benzene rings is 4. The zero-order chi connectivity index (χ0) is 33.6. The van der Waals surface area contributed by atoms with Crippen molar-refractivity contribution in [3.05, 3.63) is 163 Å². The fraction of sp³-hybridized carbons (Fsp3) is 0.0455. The van der Waals surface area contributed by atoms with E-state index in [1.165, 1.54) is 5.56 Å². The summed E-state index contributed by atoms with van der Waals surface area (Å²) in [4.78, 5) is 40.2. The van der Waals surface area contributed by atoms with Gasteiger partial charge in [0.05, 0.1) is 28.5 Å². The van der Waals surface area contributed by atoms with E-state index in [-0.39, 0.29) is 17.7 Å². The van der Waals surface area contributed by atoms with Crippen LogP contribution in [0, 0.1) is 0 Å². The lowest BCUT2D eigenvalue weighted by Gasteiger charge is -2.27. The summed E-state index contributed by atoms with van der Waals surface area (Å²) in [6.45, 7) is 0. The van der Waals surface area contributed by atoms with Crippen molar-refractivity contribution in [3.63, 3.8) is 0 Å². The number of ketones is 1. The summed E-state index contributed by atoms with van der Waals surface area (Å²) in [6, 6.07) is 37.4. The molecule has 2 atom stereocenters. The molecule has 3 aliphatic rings. The molecule has 0 saturated heterocycles. The van der Waals surface area contributed by atoms with Gasteiger partial charge < -0.3 is 4.90 Å². The maximum atomic E-state index is 13.6. The molecule has 0 fully saturated rings. The summed E-state index contributed by atoms with van der Waals surface area (Å²) in [5.74, 6) is 0.655. The number of carbonyl (C=O) groups excluding carboxylic acids is 1. The number of rotatable bonds is 3. The third-order valence-corrected chi connectivity index (χ3v) is 10.4. The predicted molar refractivity (Wildman–Crippen MR) is 201 cm³/mol. The van der Waals surface area contributed by atoms with Gasteiger partial charge in [-0.1, -0.05) is 85.0 Å². The van der Waals surface area contributed by atoms with Crippen LogP contribution in [0.1, 0.15) is 27.7 Å². The van der Waals surface area contributed by atoms with Gasteiger partial charge in [-0.05, 0) is 70.6 Å². The highest BCUT2D eigenvalue weighted by molar-refractivity contribution is 6.27. The van der Waals surface area contributed by atoms with E-state index in [1.807, 2.05) is 48.7 Å². The molecule has 5 heterocycles. The summed E-state index contributed by atoms with van der Waals surface area (Å²) in [6.07, 6.45) is 12.2. The van der Waals surface area contributed by atoms with Gasteiger partial charge in [0.1, 0.15) is 11.4 Å². The summed E-state index contributed by atoms with van der Waals surface area (Å²) in [7, 11) is 0. The van der Waals surface area contributed by atoms with Crippen molar-refractivity contribution in [1.82, 2.24) is 24.9 Å². The number of hydrogen-bond donors (Lipinski definition) is 0. The molecule has 1 aliphatic heterocycles. The Labute approximate surface area is 292 Å². The minimum Gasteiger partial charge on any atom is -0.302 e. The molecule has 0 N–H and O–H groups in total. The highest BCUT2D eigenvalue weighted by Gasteiger charge is 2.39. The monoisotopic (exact) mass is 654 g/mol. The molecule has 2 aliphatic carbocycles. The second-order valence-electron chi connectivity index (χ2n) is 13.2. The largest absolute Gasteiger partial charge is 0.302 e. The van der Waals surface area contributed by atoms with Gasteiger partial charge in [0.2, 0.25) is 11.7 Å². The molecule has 0 saturated carbocycles. The Morgan fingerprint density at radius 2 is 1.35 bits per heavy atom. The third-order valence-electron chi connectivity index (χ3n) is 10.4. The van der Waals surface area contributed by atoms with Gasteiger partial charge in [0.25, 0.3) is 0 Å². The maximum absolute atomic E-state index is 13.6. The molecule has 0 spiro atoms. The van der Waals surface area contributed by atoms with Crippen LogP contribution in [0.2, 0.25) is 0 Å². The molecule has 0 radical (unpaired) electrons. The number of hydrogen-bond acceptors (Lipinski definition) is 7. The first-order chi connectivity index (χ1) is 25.2. The van der Waals surface area contributed by atoms with E-state index in [4.69, 9.17) is 19.9 Å². The normalized spacial score (nSPS) is 16.9. The number of anilines is 2. The van der Waals surface area contributed by atoms with Crippen molar-refractivity contribution < 1.29 is 4.79 Å². The molecule has 0 bridgehead atoms. The standard InChI is InChI=1S/C44H26N6O/c51-43-41-31(13-8-21-45-41)40-38-29(20-22-46-40)32-23-26(16-18-35(32)47-42(38)43)27-17-19-37-33(24-27)28-11-5-7-15-36(28)50(37)44-48-34-14-6-4-12-30(34)39(49-44)25-9-2-1-3-10-25/h1-24,28,36H. The van der Waals surface area contributed by atoms with Crippen molar-refractivity contribution >= 4 is 50.0 Å². The molecule has 7 heteroatoms. The van der Waals surface area contributed by atoms with Crippen molar-refractivity contribution in [2.75, 3.05) is 4.90 Å². The Morgan fingerprint density at radius 1 is 0.549 bits per heavy atom. The molecule has 4 aromatic carbocycles. The van der Waals surface area contributed by atoms with Crippen LogP contribution in [-0.4, -0.2) is 36.7 Å². The van der Waals surface area contributed by atoms with Crippen LogP contribution in [0.3, 0.4) is 0 Å². The van der Waals surface area contributed by atoms with Crippen LogP contribution in [0.5, 0.6) is 0 Å². The van der Waals surface area contributed by atoms with Crippen molar-refractivity contribution in [1.29, 1.82) is 0 Å². The fourth-order valence-electron chi connectivity index (χ4n) is 8.13. The Morgan fingerprint density at radius 3 is 2.29 bits per heavy atom. The highest BCUT2D eigenvalue weighted by atomic mass is 16.1. The van der Waals surface area contributed by atoms with Crippen molar-refractivity contribution in [2.45, 2.75) is 12.0 Å². The quantitative estimate of drug-likeness (QED) is 0.176. The molecular weight excluding hydrogens is 629 g/mol. The predicted octanol–water partition coefficient (Wildman–Crippen LogP) is 9.40. The minimum atomic E-state index is -0.166. The summed E-state index contributed by atoms with van der Waals surface area (Å²) >= 11 is 0. The molecular formula is C44H26N6O. The summed E-state index contributed by atoms with van der Waals surface area (Å²) in [5.41, 5.74) is 10.5. The number of fused-ring (bicyclic) bond motifs is 8. The van der Waals surface area contributed by atoms with Gasteiger partial charge in [-0.3, -0.25) is 14.8 Å². The van der Waals surface area contributed by atoms with Crippen LogP contribution in [0.4, 0.5) is 11.6 Å². The molecule has 11 rings (SSSR count). The second-order valence-corrected chi connectivity index (χ2v) is 13.2. The average Bonchev–Trinajstić information content (AvgIpc) is 3.53. The molecule has 7 nitrogen and oxygen atoms in total. The van der Waals surface area contributed by atoms with Gasteiger partial charge in [-0.25, -0.2) is 15.0 Å². The van der Waals surface area contributed by atoms with E-state index in [0.29, 0.717) is 17.3 Å². The van der Waals surface area contributed by atoms with Crippen LogP contribution in [0.25, 0.3) is 66.2 Å². The Balaban J connectivity index is 1.06. The van der Waals surface area contributed by atoms with Gasteiger partial charge >= 0.3 is 0 Å². The summed E-state index contributed by atoms with van der Waals surface area (Å²) in [5, 5.41) is 3.75. The van der Waals surface area contributed by atoms with E-state index in [1.54, 1.807) is 6.20 Å². The lowest BCUT2D eigenvalue weighted by atomic mass is 9.88. The number of allylic oxidation sites excluding steroid dienone is 2. The Bertz CT molecular complexity index is 2860. The van der Waals surface area contributed by atoms with Gasteiger partial charge in [0, 0.05) is 51.3 Å². The first-order valence-corrected chi connectivity index (χ1v) is 17.0. The highest BCUT2D eigenvalue weighted by Crippen LogP contribution is 2.49. The minimum absolute atomic E-state index is 0.0413. The molecule has 4 aromatic heterocycles. The third kappa shape index (κ3) is 4.06. The van der Waals surface area contributed by atoms with Gasteiger partial charge in [-0.2, -0.15) is 0 Å². The first-order valence-electron chi connectivity index (χ1n) is 17.0. The summed E-state index contributed by atoms with van der Waals surface area (Å²) < 4.78 is 0. The van der Waals surface area contributed by atoms with Crippen LogP contribution < -0.4 is 4.90 Å². The molecule has 51 heavy (non-hydrogen) atoms. The topological polar surface area (TPSA) is 84.8 Å². The maximum Gasteiger partial charge on any atom is 0.231 e. The van der Waals surface area contributed by atoms with E-state index >= 15 is 0 Å². The average molecular weight is 655 g/mol. The van der Waals surface area contributed by atoms with Crippen molar-refractivity contribution in [3.8, 4) is 33.6 Å². The molecule has 2 unspecified atom stereocenters. The van der Waals surface area contributed by atoms with Crippen molar-refractivity contribution in [2.24, 2.45) is 0 Å². The second kappa shape index (κ2) is 10.6. The lowest BCUT2D eigenvalue weighted by Crippen LogP contribution is -2.30.